The average molecular weight is 334 g/mol. The Morgan fingerprint density at radius 2 is 1.92 bits per heavy atom. The summed E-state index contributed by atoms with van der Waals surface area (Å²) in [5, 5.41) is 2.86. The number of nitrogens with zero attached hydrogens (tertiary/aromatic N) is 1. The van der Waals surface area contributed by atoms with Crippen LogP contribution < -0.4 is 5.32 Å². The normalized spacial score (nSPS) is 20.6. The van der Waals surface area contributed by atoms with Gasteiger partial charge in [0.15, 0.2) is 0 Å². The number of nitrogens with one attached hydrogen (secondary N) is 1. The lowest BCUT2D eigenvalue weighted by Crippen LogP contribution is -2.50. The van der Waals surface area contributed by atoms with Crippen LogP contribution >= 0.6 is 0 Å². The molecule has 1 aromatic rings. The summed E-state index contributed by atoms with van der Waals surface area (Å²) >= 11 is 0. The van der Waals surface area contributed by atoms with E-state index in [1.807, 2.05) is 58.0 Å². The lowest BCUT2D eigenvalue weighted by Gasteiger charge is -2.28. The van der Waals surface area contributed by atoms with Crippen LogP contribution in [0.3, 0.4) is 0 Å². The standard InChI is InChI=1S/C18H26N2O4/c1-17(2,3)24-15(21)19-18(4)10-11-20(13-18)16(22)23-12-14-8-6-5-7-9-14/h5-9H,10-13H2,1-4H3,(H,19,21). The number of ether oxygens (including phenoxy) is 2. The number of carbonyl (C=O) groups excluding carboxylic acids is 2. The minimum absolute atomic E-state index is 0.242. The molecule has 2 amide bonds. The van der Waals surface area contributed by atoms with E-state index in [-0.39, 0.29) is 12.7 Å². The van der Waals surface area contributed by atoms with Crippen LogP contribution in [0.15, 0.2) is 30.3 Å². The molecule has 1 aromatic carbocycles. The number of rotatable bonds is 3. The number of hydrogen-bond donors (Lipinski definition) is 1. The van der Waals surface area contributed by atoms with Crippen molar-refractivity contribution in [3.8, 4) is 0 Å². The highest BCUT2D eigenvalue weighted by molar-refractivity contribution is 5.71. The smallest absolute Gasteiger partial charge is 0.410 e. The van der Waals surface area contributed by atoms with Crippen molar-refractivity contribution in [1.82, 2.24) is 10.2 Å². The molecule has 1 heterocycles. The van der Waals surface area contributed by atoms with Gasteiger partial charge in [0.05, 0.1) is 5.54 Å². The van der Waals surface area contributed by atoms with Crippen molar-refractivity contribution in [2.24, 2.45) is 0 Å². The second-order valence-corrected chi connectivity index (χ2v) is 7.40. The molecule has 1 atom stereocenters. The average Bonchev–Trinajstić information content (AvgIpc) is 2.85. The highest BCUT2D eigenvalue weighted by Gasteiger charge is 2.38. The summed E-state index contributed by atoms with van der Waals surface area (Å²) in [6.45, 7) is 8.54. The largest absolute Gasteiger partial charge is 0.445 e. The molecule has 0 saturated carbocycles. The summed E-state index contributed by atoms with van der Waals surface area (Å²) in [6, 6.07) is 9.54. The Bertz CT molecular complexity index is 582. The Kier molecular flexibility index (Phi) is 5.36. The fourth-order valence-electron chi connectivity index (χ4n) is 2.58. The molecule has 1 aliphatic heterocycles. The maximum absolute atomic E-state index is 12.2. The van der Waals surface area contributed by atoms with Crippen molar-refractivity contribution in [2.45, 2.75) is 51.9 Å². The van der Waals surface area contributed by atoms with E-state index in [1.54, 1.807) is 4.90 Å². The molecular formula is C18H26N2O4. The van der Waals surface area contributed by atoms with Crippen LogP contribution in [-0.2, 0) is 16.1 Å². The SMILES string of the molecule is CC1(NC(=O)OC(C)(C)C)CCN(C(=O)OCc2ccccc2)C1. The Labute approximate surface area is 143 Å². The maximum atomic E-state index is 12.2. The van der Waals surface area contributed by atoms with E-state index in [9.17, 15) is 9.59 Å². The first-order chi connectivity index (χ1) is 11.2. The summed E-state index contributed by atoms with van der Waals surface area (Å²) in [4.78, 5) is 25.7. The third-order valence-electron chi connectivity index (χ3n) is 3.74. The zero-order valence-electron chi connectivity index (χ0n) is 14.8. The Balaban J connectivity index is 1.82. The highest BCUT2D eigenvalue weighted by atomic mass is 16.6. The third kappa shape index (κ3) is 5.44. The minimum atomic E-state index is -0.548. The molecule has 1 aliphatic rings. The Hall–Kier alpha value is -2.24. The first kappa shape index (κ1) is 18.1. The molecule has 0 spiro atoms. The molecule has 0 aliphatic carbocycles. The van der Waals surface area contributed by atoms with Crippen molar-refractivity contribution in [2.75, 3.05) is 13.1 Å². The van der Waals surface area contributed by atoms with E-state index in [0.29, 0.717) is 19.5 Å². The van der Waals surface area contributed by atoms with Crippen LogP contribution in [0, 0.1) is 0 Å². The summed E-state index contributed by atoms with van der Waals surface area (Å²) in [5.41, 5.74) is -0.110. The van der Waals surface area contributed by atoms with Crippen LogP contribution in [0.1, 0.15) is 39.7 Å². The molecule has 1 fully saturated rings. The van der Waals surface area contributed by atoms with Gasteiger partial charge >= 0.3 is 12.2 Å². The number of carbonyl (C=O) groups is 2. The number of likely N-dealkylation sites (tertiary alicyclic amines) is 1. The van der Waals surface area contributed by atoms with Crippen molar-refractivity contribution in [3.63, 3.8) is 0 Å². The quantitative estimate of drug-likeness (QED) is 0.921. The molecule has 6 nitrogen and oxygen atoms in total. The molecule has 2 rings (SSSR count). The van der Waals surface area contributed by atoms with Gasteiger partial charge in [0, 0.05) is 13.1 Å². The molecule has 132 valence electrons. The van der Waals surface area contributed by atoms with Gasteiger partial charge in [0.2, 0.25) is 0 Å². The molecule has 0 radical (unpaired) electrons. The van der Waals surface area contributed by atoms with Gasteiger partial charge in [-0.25, -0.2) is 9.59 Å². The molecular weight excluding hydrogens is 308 g/mol. The first-order valence-corrected chi connectivity index (χ1v) is 8.14. The summed E-state index contributed by atoms with van der Waals surface area (Å²) in [6.07, 6.45) is -0.176. The van der Waals surface area contributed by atoms with Gasteiger partial charge in [-0.05, 0) is 39.7 Å². The zero-order chi connectivity index (χ0) is 17.8. The van der Waals surface area contributed by atoms with Gasteiger partial charge in [-0.1, -0.05) is 30.3 Å². The van der Waals surface area contributed by atoms with E-state index in [1.165, 1.54) is 0 Å². The fourth-order valence-corrected chi connectivity index (χ4v) is 2.58. The van der Waals surface area contributed by atoms with E-state index < -0.39 is 17.2 Å². The van der Waals surface area contributed by atoms with Crippen LogP contribution in [0.2, 0.25) is 0 Å². The summed E-state index contributed by atoms with van der Waals surface area (Å²) < 4.78 is 10.6. The van der Waals surface area contributed by atoms with Crippen LogP contribution in [-0.4, -0.2) is 41.3 Å². The van der Waals surface area contributed by atoms with Gasteiger partial charge < -0.3 is 19.7 Å². The molecule has 0 bridgehead atoms. The van der Waals surface area contributed by atoms with Crippen molar-refractivity contribution in [3.05, 3.63) is 35.9 Å². The van der Waals surface area contributed by atoms with Crippen LogP contribution in [0.25, 0.3) is 0 Å². The monoisotopic (exact) mass is 334 g/mol. The predicted molar refractivity (Wildman–Crippen MR) is 90.6 cm³/mol. The molecule has 1 unspecified atom stereocenters. The van der Waals surface area contributed by atoms with Gasteiger partial charge in [-0.3, -0.25) is 0 Å². The molecule has 0 aromatic heterocycles. The second-order valence-electron chi connectivity index (χ2n) is 7.40. The van der Waals surface area contributed by atoms with E-state index in [0.717, 1.165) is 5.56 Å². The van der Waals surface area contributed by atoms with Crippen LogP contribution in [0.4, 0.5) is 9.59 Å². The summed E-state index contributed by atoms with van der Waals surface area (Å²) in [7, 11) is 0. The van der Waals surface area contributed by atoms with Crippen molar-refractivity contribution < 1.29 is 19.1 Å². The highest BCUT2D eigenvalue weighted by Crippen LogP contribution is 2.22. The number of alkyl carbamates (subject to hydrolysis) is 1. The fraction of sp³-hybridized carbons (Fsp3) is 0.556. The third-order valence-corrected chi connectivity index (χ3v) is 3.74. The number of benzene rings is 1. The van der Waals surface area contributed by atoms with Gasteiger partial charge in [-0.2, -0.15) is 0 Å². The topological polar surface area (TPSA) is 67.9 Å². The van der Waals surface area contributed by atoms with Crippen LogP contribution in [0.5, 0.6) is 0 Å². The van der Waals surface area contributed by atoms with Gasteiger partial charge in [0.25, 0.3) is 0 Å². The number of amides is 2. The Morgan fingerprint density at radius 1 is 1.25 bits per heavy atom. The number of hydrogen-bond acceptors (Lipinski definition) is 4. The minimum Gasteiger partial charge on any atom is -0.445 e. The molecule has 24 heavy (non-hydrogen) atoms. The van der Waals surface area contributed by atoms with Gasteiger partial charge in [0.1, 0.15) is 12.2 Å². The summed E-state index contributed by atoms with van der Waals surface area (Å²) in [5.74, 6) is 0. The lowest BCUT2D eigenvalue weighted by molar-refractivity contribution is 0.0462. The molecule has 1 N–H and O–H groups in total. The maximum Gasteiger partial charge on any atom is 0.410 e. The first-order valence-electron chi connectivity index (χ1n) is 8.14. The van der Waals surface area contributed by atoms with Crippen molar-refractivity contribution >= 4 is 12.2 Å². The molecule has 6 heteroatoms. The second kappa shape index (κ2) is 7.11. The van der Waals surface area contributed by atoms with E-state index in [2.05, 4.69) is 5.32 Å². The van der Waals surface area contributed by atoms with Crippen molar-refractivity contribution in [1.29, 1.82) is 0 Å². The van der Waals surface area contributed by atoms with E-state index in [4.69, 9.17) is 9.47 Å². The lowest BCUT2D eigenvalue weighted by atomic mass is 10.0. The zero-order valence-corrected chi connectivity index (χ0v) is 14.8. The molecule has 1 saturated heterocycles. The van der Waals surface area contributed by atoms with Gasteiger partial charge in [-0.15, -0.1) is 0 Å². The Morgan fingerprint density at radius 3 is 2.54 bits per heavy atom. The van der Waals surface area contributed by atoms with E-state index >= 15 is 0 Å². The predicted octanol–water partition coefficient (Wildman–Crippen LogP) is 3.31.